The molecule has 0 aromatic rings. The zero-order valence-electron chi connectivity index (χ0n) is 52.5. The number of aliphatic hydroxyl groups excluding tert-OH is 2. The van der Waals surface area contributed by atoms with E-state index in [9.17, 15) is 19.8 Å². The summed E-state index contributed by atoms with van der Waals surface area (Å²) in [5.74, 6) is -0.0496. The third-order valence-electron chi connectivity index (χ3n) is 16.8. The first kappa shape index (κ1) is 75.6. The molecule has 6 heteroatoms. The fraction of sp³-hybridized carbons (Fsp3) is 0.944. The number of carbonyl (C=O) groups is 2. The molecule has 0 aliphatic heterocycles. The minimum atomic E-state index is -0.846. The van der Waals surface area contributed by atoms with Gasteiger partial charge < -0.3 is 20.3 Å². The van der Waals surface area contributed by atoms with E-state index in [1.807, 2.05) is 6.08 Å². The SMILES string of the molecule is CCCCCCCCCCCCCCCCCCCCCCC/C=C/C(O)C(CO)NC(=O)CCCCCCCCCCCCCCCCCCCCCCOC(=O)CCCCCCCCCCCCCCCCCCC. The zero-order chi connectivity index (χ0) is 55.7. The van der Waals surface area contributed by atoms with Crippen LogP contribution < -0.4 is 5.32 Å². The molecule has 0 fully saturated rings. The lowest BCUT2D eigenvalue weighted by atomic mass is 10.0. The molecule has 77 heavy (non-hydrogen) atoms. The highest BCUT2D eigenvalue weighted by molar-refractivity contribution is 5.76. The van der Waals surface area contributed by atoms with Crippen molar-refractivity contribution < 1.29 is 24.5 Å². The van der Waals surface area contributed by atoms with Gasteiger partial charge in [-0.25, -0.2) is 0 Å². The van der Waals surface area contributed by atoms with Gasteiger partial charge in [0.25, 0.3) is 0 Å². The second-order valence-corrected chi connectivity index (χ2v) is 24.6. The van der Waals surface area contributed by atoms with Gasteiger partial charge in [-0.15, -0.1) is 0 Å². The highest BCUT2D eigenvalue weighted by Gasteiger charge is 2.18. The van der Waals surface area contributed by atoms with Crippen molar-refractivity contribution in [3.8, 4) is 0 Å². The van der Waals surface area contributed by atoms with Crippen molar-refractivity contribution in [1.82, 2.24) is 5.32 Å². The summed E-state index contributed by atoms with van der Waals surface area (Å²) >= 11 is 0. The maximum Gasteiger partial charge on any atom is 0.305 e. The summed E-state index contributed by atoms with van der Waals surface area (Å²) in [5, 5.41) is 23.3. The van der Waals surface area contributed by atoms with E-state index in [1.165, 1.54) is 340 Å². The van der Waals surface area contributed by atoms with E-state index in [1.54, 1.807) is 6.08 Å². The molecule has 0 bridgehead atoms. The average Bonchev–Trinajstić information content (AvgIpc) is 3.43. The Morgan fingerprint density at radius 3 is 0.883 bits per heavy atom. The van der Waals surface area contributed by atoms with Crippen LogP contribution in [-0.2, 0) is 14.3 Å². The molecule has 0 saturated carbocycles. The van der Waals surface area contributed by atoms with Crippen LogP contribution in [0.1, 0.15) is 406 Å². The number of unbranched alkanes of at least 4 members (excludes halogenated alkanes) is 56. The monoisotopic (exact) mass is 1090 g/mol. The normalized spacial score (nSPS) is 12.5. The van der Waals surface area contributed by atoms with Crippen LogP contribution in [0.2, 0.25) is 0 Å². The molecule has 0 aromatic heterocycles. The summed E-state index contributed by atoms with van der Waals surface area (Å²) in [6.45, 7) is 4.95. The molecule has 0 saturated heterocycles. The number of hydrogen-bond donors (Lipinski definition) is 3. The Morgan fingerprint density at radius 1 is 0.351 bits per heavy atom. The minimum absolute atomic E-state index is 0.0152. The first-order valence-corrected chi connectivity index (χ1v) is 35.5. The van der Waals surface area contributed by atoms with Crippen LogP contribution in [0.15, 0.2) is 12.2 Å². The number of carbonyl (C=O) groups excluding carboxylic acids is 2. The van der Waals surface area contributed by atoms with Crippen LogP contribution in [-0.4, -0.2) is 47.4 Å². The average molecular weight is 1090 g/mol. The Balaban J connectivity index is 3.40. The highest BCUT2D eigenvalue weighted by atomic mass is 16.5. The quantitative estimate of drug-likeness (QED) is 0.0320. The molecule has 0 spiro atoms. The minimum Gasteiger partial charge on any atom is -0.466 e. The molecule has 6 nitrogen and oxygen atoms in total. The topological polar surface area (TPSA) is 95.9 Å². The van der Waals surface area contributed by atoms with Crippen LogP contribution in [0.25, 0.3) is 0 Å². The van der Waals surface area contributed by atoms with E-state index in [0.717, 1.165) is 38.5 Å². The molecule has 2 unspecified atom stereocenters. The van der Waals surface area contributed by atoms with Crippen LogP contribution in [0.4, 0.5) is 0 Å². The van der Waals surface area contributed by atoms with Crippen molar-refractivity contribution in [2.75, 3.05) is 13.2 Å². The van der Waals surface area contributed by atoms with Crippen molar-refractivity contribution >= 4 is 11.9 Å². The Bertz CT molecular complexity index is 1160. The Kier molecular flexibility index (Phi) is 65.9. The predicted octanol–water partition coefficient (Wildman–Crippen LogP) is 22.8. The first-order chi connectivity index (χ1) is 38.0. The molecular formula is C71H139NO5. The second kappa shape index (κ2) is 67.1. The number of amides is 1. The molecule has 0 aliphatic rings. The van der Waals surface area contributed by atoms with E-state index in [4.69, 9.17) is 4.74 Å². The summed E-state index contributed by atoms with van der Waals surface area (Å²) in [6.07, 6.45) is 82.8. The van der Waals surface area contributed by atoms with Crippen molar-refractivity contribution in [2.24, 2.45) is 0 Å². The standard InChI is InChI=1S/C71H139NO5/c1-3-5-7-9-11-13-15-17-19-21-22-23-24-25-28-32-35-39-43-47-51-55-59-63-69(74)68(67-73)72-70(75)64-60-56-52-48-44-40-36-33-29-26-27-30-34-38-42-46-50-54-58-62-66-77-71(76)65-61-57-53-49-45-41-37-31-20-18-16-14-12-10-8-6-4-2/h59,63,68-69,73-74H,3-58,60-62,64-67H2,1-2H3,(H,72,75)/b63-59+. The summed E-state index contributed by atoms with van der Waals surface area (Å²) in [6, 6.07) is -0.630. The molecule has 1 amide bonds. The van der Waals surface area contributed by atoms with E-state index in [2.05, 4.69) is 19.2 Å². The number of aliphatic hydroxyl groups is 2. The Morgan fingerprint density at radius 2 is 0.597 bits per heavy atom. The first-order valence-electron chi connectivity index (χ1n) is 35.5. The maximum absolute atomic E-state index is 12.5. The van der Waals surface area contributed by atoms with Crippen molar-refractivity contribution in [3.63, 3.8) is 0 Å². The number of hydrogen-bond acceptors (Lipinski definition) is 5. The predicted molar refractivity (Wildman–Crippen MR) is 338 cm³/mol. The van der Waals surface area contributed by atoms with Crippen molar-refractivity contribution in [1.29, 1.82) is 0 Å². The lowest BCUT2D eigenvalue weighted by molar-refractivity contribution is -0.143. The number of rotatable bonds is 67. The van der Waals surface area contributed by atoms with Gasteiger partial charge >= 0.3 is 5.97 Å². The van der Waals surface area contributed by atoms with Crippen molar-refractivity contribution in [2.45, 2.75) is 418 Å². The summed E-state index contributed by atoms with van der Waals surface area (Å²) in [4.78, 5) is 24.6. The lowest BCUT2D eigenvalue weighted by Crippen LogP contribution is -2.45. The third kappa shape index (κ3) is 63.6. The van der Waals surface area contributed by atoms with Crippen molar-refractivity contribution in [3.05, 3.63) is 12.2 Å². The van der Waals surface area contributed by atoms with Gasteiger partial charge in [-0.2, -0.15) is 0 Å². The van der Waals surface area contributed by atoms with Crippen LogP contribution >= 0.6 is 0 Å². The lowest BCUT2D eigenvalue weighted by Gasteiger charge is -2.20. The molecular weight excluding hydrogens is 947 g/mol. The van der Waals surface area contributed by atoms with Gasteiger partial charge in [0, 0.05) is 12.8 Å². The summed E-state index contributed by atoms with van der Waals surface area (Å²) in [5.41, 5.74) is 0. The maximum atomic E-state index is 12.5. The van der Waals surface area contributed by atoms with Gasteiger partial charge in [0.05, 0.1) is 25.4 Å². The van der Waals surface area contributed by atoms with Crippen LogP contribution in [0, 0.1) is 0 Å². The van der Waals surface area contributed by atoms with Crippen LogP contribution in [0.5, 0.6) is 0 Å². The van der Waals surface area contributed by atoms with E-state index in [-0.39, 0.29) is 18.5 Å². The largest absolute Gasteiger partial charge is 0.466 e. The number of esters is 1. The highest BCUT2D eigenvalue weighted by Crippen LogP contribution is 2.19. The van der Waals surface area contributed by atoms with Gasteiger partial charge in [-0.3, -0.25) is 9.59 Å². The molecule has 0 aliphatic carbocycles. The molecule has 458 valence electrons. The molecule has 3 N–H and O–H groups in total. The number of allylic oxidation sites excluding steroid dienone is 1. The summed E-state index contributed by atoms with van der Waals surface area (Å²) < 4.78 is 5.50. The van der Waals surface area contributed by atoms with E-state index < -0.39 is 12.1 Å². The van der Waals surface area contributed by atoms with E-state index in [0.29, 0.717) is 19.4 Å². The van der Waals surface area contributed by atoms with E-state index >= 15 is 0 Å². The second-order valence-electron chi connectivity index (χ2n) is 24.6. The van der Waals surface area contributed by atoms with Gasteiger partial charge in [0.2, 0.25) is 5.91 Å². The van der Waals surface area contributed by atoms with Gasteiger partial charge in [-0.1, -0.05) is 373 Å². The molecule has 0 radical (unpaired) electrons. The van der Waals surface area contributed by atoms with Gasteiger partial charge in [0.1, 0.15) is 0 Å². The fourth-order valence-electron chi connectivity index (χ4n) is 11.4. The molecule has 0 rings (SSSR count). The number of nitrogens with one attached hydrogen (secondary N) is 1. The van der Waals surface area contributed by atoms with Gasteiger partial charge in [-0.05, 0) is 32.1 Å². The molecule has 2 atom stereocenters. The smallest absolute Gasteiger partial charge is 0.305 e. The zero-order valence-corrected chi connectivity index (χ0v) is 52.5. The van der Waals surface area contributed by atoms with Gasteiger partial charge in [0.15, 0.2) is 0 Å². The number of ether oxygens (including phenoxy) is 1. The Labute approximate surface area is 482 Å². The Hall–Kier alpha value is -1.40. The van der Waals surface area contributed by atoms with Crippen LogP contribution in [0.3, 0.4) is 0 Å². The third-order valence-corrected chi connectivity index (χ3v) is 16.8. The molecule has 0 heterocycles. The fourth-order valence-corrected chi connectivity index (χ4v) is 11.4. The summed E-state index contributed by atoms with van der Waals surface area (Å²) in [7, 11) is 0. The molecule has 0 aromatic carbocycles.